The smallest absolute Gasteiger partial charge is 0.462 e. The number of phosphoric acid groups is 2. The number of carbonyl (C=O) groups excluding carboxylic acids is 4. The Hall–Kier alpha value is -4.80. The Labute approximate surface area is 631 Å². The summed E-state index contributed by atoms with van der Waals surface area (Å²) in [5.41, 5.74) is 0. The number of phosphoric ester groups is 2. The van der Waals surface area contributed by atoms with Gasteiger partial charge in [-0.25, -0.2) is 9.13 Å². The molecule has 0 fully saturated rings. The lowest BCUT2D eigenvalue weighted by atomic mass is 10.1. The van der Waals surface area contributed by atoms with Gasteiger partial charge in [-0.2, -0.15) is 0 Å². The molecule has 0 aromatic rings. The topological polar surface area (TPSA) is 237 Å². The van der Waals surface area contributed by atoms with Crippen LogP contribution in [0.5, 0.6) is 0 Å². The van der Waals surface area contributed by atoms with Crippen LogP contribution in [0.25, 0.3) is 0 Å². The summed E-state index contributed by atoms with van der Waals surface area (Å²) in [4.78, 5) is 73.0. The van der Waals surface area contributed by atoms with Gasteiger partial charge in [0.2, 0.25) is 0 Å². The summed E-state index contributed by atoms with van der Waals surface area (Å²) in [5.74, 6) is -2.30. The number of rotatable bonds is 75. The molecule has 5 atom stereocenters. The van der Waals surface area contributed by atoms with Gasteiger partial charge in [0.05, 0.1) is 26.4 Å². The highest BCUT2D eigenvalue weighted by Gasteiger charge is 2.30. The Kier molecular flexibility index (Phi) is 72.9. The van der Waals surface area contributed by atoms with Crippen molar-refractivity contribution in [3.8, 4) is 0 Å². The summed E-state index contributed by atoms with van der Waals surface area (Å²) in [6.07, 6.45) is 85.8. The van der Waals surface area contributed by atoms with Crippen molar-refractivity contribution in [1.29, 1.82) is 0 Å². The average Bonchev–Trinajstić information content (AvgIpc) is 0.918. The first-order valence-electron chi connectivity index (χ1n) is 40.4. The zero-order chi connectivity index (χ0) is 76.0. The quantitative estimate of drug-likeness (QED) is 0.0169. The number of aliphatic hydroxyl groups is 1. The van der Waals surface area contributed by atoms with Crippen molar-refractivity contribution >= 4 is 39.5 Å². The molecule has 0 aliphatic heterocycles. The molecule has 0 radical (unpaired) electrons. The maximum Gasteiger partial charge on any atom is 0.472 e. The Bertz CT molecular complexity index is 2490. The van der Waals surface area contributed by atoms with Crippen LogP contribution in [0.15, 0.2) is 134 Å². The molecule has 17 nitrogen and oxygen atoms in total. The van der Waals surface area contributed by atoms with E-state index in [0.717, 1.165) is 173 Å². The van der Waals surface area contributed by atoms with Gasteiger partial charge in [0.1, 0.15) is 19.3 Å². The maximum atomic E-state index is 13.1. The number of ether oxygens (including phenoxy) is 4. The summed E-state index contributed by atoms with van der Waals surface area (Å²) in [7, 11) is -9.99. The van der Waals surface area contributed by atoms with E-state index in [1.165, 1.54) is 64.2 Å². The normalized spacial score (nSPS) is 14.6. The molecule has 5 unspecified atom stereocenters. The lowest BCUT2D eigenvalue weighted by Gasteiger charge is -2.21. The van der Waals surface area contributed by atoms with Crippen molar-refractivity contribution in [2.24, 2.45) is 0 Å². The number of unbranched alkanes of at least 4 members (excludes halogenated alkanes) is 27. The van der Waals surface area contributed by atoms with E-state index in [2.05, 4.69) is 143 Å². The molecule has 0 bridgehead atoms. The largest absolute Gasteiger partial charge is 0.472 e. The van der Waals surface area contributed by atoms with Gasteiger partial charge < -0.3 is 33.8 Å². The molecule has 0 aliphatic rings. The van der Waals surface area contributed by atoms with Crippen LogP contribution in [-0.2, 0) is 65.4 Å². The Morgan fingerprint density at radius 2 is 0.519 bits per heavy atom. The molecular formula is C85H144O17P2. The molecule has 0 heterocycles. The summed E-state index contributed by atoms with van der Waals surface area (Å²) in [5, 5.41) is 10.6. The van der Waals surface area contributed by atoms with Crippen molar-refractivity contribution in [2.75, 3.05) is 39.6 Å². The fraction of sp³-hybridized carbons (Fsp3) is 0.694. The van der Waals surface area contributed by atoms with Crippen molar-refractivity contribution in [3.63, 3.8) is 0 Å². The fourth-order valence-corrected chi connectivity index (χ4v) is 12.0. The summed E-state index contributed by atoms with van der Waals surface area (Å²) in [6.45, 7) is 4.59. The molecule has 0 aromatic heterocycles. The molecular weight excluding hydrogens is 1350 g/mol. The Morgan fingerprint density at radius 3 is 0.856 bits per heavy atom. The predicted molar refractivity (Wildman–Crippen MR) is 427 cm³/mol. The van der Waals surface area contributed by atoms with Gasteiger partial charge >= 0.3 is 39.5 Å². The number of allylic oxidation sites excluding steroid dienone is 22. The molecule has 0 amide bonds. The van der Waals surface area contributed by atoms with Gasteiger partial charge in [-0.15, -0.1) is 0 Å². The highest BCUT2D eigenvalue weighted by Crippen LogP contribution is 2.45. The van der Waals surface area contributed by atoms with Crippen LogP contribution in [0, 0.1) is 0 Å². The minimum absolute atomic E-state index is 0.0301. The molecule has 0 spiro atoms. The minimum Gasteiger partial charge on any atom is -0.462 e. The van der Waals surface area contributed by atoms with E-state index >= 15 is 0 Å². The zero-order valence-electron chi connectivity index (χ0n) is 65.2. The number of hydrogen-bond acceptors (Lipinski definition) is 15. The molecule has 0 saturated carbocycles. The zero-order valence-corrected chi connectivity index (χ0v) is 66.9. The average molecular weight is 1500 g/mol. The van der Waals surface area contributed by atoms with Gasteiger partial charge in [0.25, 0.3) is 0 Å². The van der Waals surface area contributed by atoms with E-state index in [-0.39, 0.29) is 25.7 Å². The molecule has 596 valence electrons. The second kappa shape index (κ2) is 76.4. The SMILES string of the molecule is CCC=CCC=CCC=CCC=CCC=CCC=CCCC(=O)OCC(COP(=O)(O)OCC(O)COP(=O)(O)OCC(COC(=O)CCCCCCCC=CCC=CCCCCC)OC(=O)CCCCCCCCCC=CCCCCCC)OC(=O)CCCCCCCC=CCC=CCCCCC. The highest BCUT2D eigenvalue weighted by molar-refractivity contribution is 7.47. The monoisotopic (exact) mass is 1500 g/mol. The number of carbonyl (C=O) groups is 4. The van der Waals surface area contributed by atoms with Gasteiger partial charge in [-0.1, -0.05) is 277 Å². The van der Waals surface area contributed by atoms with E-state index in [1.807, 2.05) is 18.2 Å². The standard InChI is InChI=1S/C85H144O17P2/c1-5-9-13-17-21-25-29-33-37-38-39-40-44-46-50-54-58-62-66-70-83(88)96-76-81(102-85(90)72-68-64-60-56-52-48-43-36-32-28-24-20-16-12-8-4)78-100-104(93,94)98-74-79(86)73-97-103(91,92)99-77-80(101-84(89)71-67-63-59-55-51-47-42-35-31-27-23-19-15-11-7-3)75-95-82(87)69-65-61-57-53-49-45-41-34-30-26-22-18-14-10-6-2/h9,13,21-22,24-28,31,33-34,36-37,39-41,43,46,50,58,62,79-81,86H,5-8,10-12,14-20,23,29-30,32,35,38,42,44-45,47-49,51-57,59-61,63-78H2,1-4H3,(H,91,92)(H,93,94). The van der Waals surface area contributed by atoms with Crippen LogP contribution in [0.1, 0.15) is 323 Å². The summed E-state index contributed by atoms with van der Waals surface area (Å²) < 4.78 is 68.5. The van der Waals surface area contributed by atoms with Crippen molar-refractivity contribution in [1.82, 2.24) is 0 Å². The number of esters is 4. The van der Waals surface area contributed by atoms with E-state index in [1.54, 1.807) is 0 Å². The first-order valence-corrected chi connectivity index (χ1v) is 43.4. The second-order valence-electron chi connectivity index (χ2n) is 26.6. The lowest BCUT2D eigenvalue weighted by Crippen LogP contribution is -2.30. The number of hydrogen-bond donors (Lipinski definition) is 3. The van der Waals surface area contributed by atoms with Crippen molar-refractivity contribution in [3.05, 3.63) is 134 Å². The van der Waals surface area contributed by atoms with Crippen LogP contribution in [0.4, 0.5) is 0 Å². The van der Waals surface area contributed by atoms with E-state index in [9.17, 15) is 43.2 Å². The third-order valence-electron chi connectivity index (χ3n) is 16.6. The molecule has 104 heavy (non-hydrogen) atoms. The van der Waals surface area contributed by atoms with Gasteiger partial charge in [0.15, 0.2) is 12.2 Å². The molecule has 0 rings (SSSR count). The Balaban J connectivity index is 5.45. The van der Waals surface area contributed by atoms with E-state index in [4.69, 9.17) is 37.0 Å². The molecule has 3 N–H and O–H groups in total. The highest BCUT2D eigenvalue weighted by atomic mass is 31.2. The van der Waals surface area contributed by atoms with Crippen LogP contribution in [-0.4, -0.2) is 96.7 Å². The maximum absolute atomic E-state index is 13.1. The third-order valence-corrected chi connectivity index (χ3v) is 18.5. The van der Waals surface area contributed by atoms with Crippen LogP contribution in [0.2, 0.25) is 0 Å². The molecule has 0 aliphatic carbocycles. The third kappa shape index (κ3) is 75.4. The fourth-order valence-electron chi connectivity index (χ4n) is 10.4. The van der Waals surface area contributed by atoms with Crippen molar-refractivity contribution in [2.45, 2.75) is 341 Å². The lowest BCUT2D eigenvalue weighted by molar-refractivity contribution is -0.161. The van der Waals surface area contributed by atoms with Crippen LogP contribution >= 0.6 is 15.6 Å². The van der Waals surface area contributed by atoms with E-state index < -0.39 is 97.5 Å². The second-order valence-corrected chi connectivity index (χ2v) is 29.5. The number of aliphatic hydroxyl groups excluding tert-OH is 1. The first-order chi connectivity index (χ1) is 50.7. The summed E-state index contributed by atoms with van der Waals surface area (Å²) in [6, 6.07) is 0. The van der Waals surface area contributed by atoms with Crippen molar-refractivity contribution < 1.29 is 80.2 Å². The predicted octanol–water partition coefficient (Wildman–Crippen LogP) is 23.7. The van der Waals surface area contributed by atoms with Crippen LogP contribution in [0.3, 0.4) is 0 Å². The summed E-state index contributed by atoms with van der Waals surface area (Å²) >= 11 is 0. The van der Waals surface area contributed by atoms with Gasteiger partial charge in [-0.05, 0) is 154 Å². The molecule has 19 heteroatoms. The van der Waals surface area contributed by atoms with Crippen LogP contribution < -0.4 is 0 Å². The van der Waals surface area contributed by atoms with E-state index in [0.29, 0.717) is 32.1 Å². The molecule has 0 aromatic carbocycles. The Morgan fingerprint density at radius 1 is 0.279 bits per heavy atom. The van der Waals surface area contributed by atoms with Gasteiger partial charge in [-0.3, -0.25) is 37.3 Å². The minimum atomic E-state index is -5.00. The van der Waals surface area contributed by atoms with Gasteiger partial charge in [0, 0.05) is 25.7 Å². The first kappa shape index (κ1) is 99.2. The molecule has 0 saturated heterocycles.